The summed E-state index contributed by atoms with van der Waals surface area (Å²) in [4.78, 5) is 2.51. The molecule has 1 N–H and O–H groups in total. The zero-order chi connectivity index (χ0) is 49.7. The molecule has 0 saturated carbocycles. The molecule has 0 aromatic heterocycles. The van der Waals surface area contributed by atoms with Crippen LogP contribution in [0.3, 0.4) is 0 Å². The van der Waals surface area contributed by atoms with Crippen LogP contribution in [0.15, 0.2) is 120 Å². The van der Waals surface area contributed by atoms with Gasteiger partial charge in [-0.2, -0.15) is 0 Å². The normalized spacial score (nSPS) is 18.3. The number of anilines is 3. The number of nitrogens with one attached hydrogen (secondary N) is 1. The fourth-order valence-corrected chi connectivity index (χ4v) is 12.9. The molecular weight excluding hydrogens is 844 g/mol. The molecule has 0 saturated heterocycles. The molecule has 0 atom stereocenters. The Morgan fingerprint density at radius 2 is 1.21 bits per heavy atom. The summed E-state index contributed by atoms with van der Waals surface area (Å²) in [5, 5.41) is 6.70. The molecule has 4 aliphatic rings. The highest BCUT2D eigenvalue weighted by Crippen LogP contribution is 2.51. The number of hydrogen-bond acceptors (Lipinski definition) is 2. The first-order valence-corrected chi connectivity index (χ1v) is 26.9. The second kappa shape index (κ2) is 17.5. The third-order valence-electron chi connectivity index (χ3n) is 18.0. The third-order valence-corrected chi connectivity index (χ3v) is 18.0. The van der Waals surface area contributed by atoms with Crippen LogP contribution in [0.2, 0.25) is 0 Å². The van der Waals surface area contributed by atoms with E-state index in [-0.39, 0.29) is 27.1 Å². The van der Waals surface area contributed by atoms with E-state index in [1.165, 1.54) is 144 Å². The smallest absolute Gasteiger partial charge is 0.195 e. The van der Waals surface area contributed by atoms with Gasteiger partial charge in [-0.1, -0.05) is 179 Å². The SMILES string of the molecule is Cc1cc2c(cc1N(C)c1ccc3c(c1[B]c1cc4ccccc4cc1-c1cc4c(cc1NC1=CC=C(C(C)(C)CCC(C)C)CC1)C(C)(C)CCC4(C)C)-c1ccccc1C3)C(C)(C)CCC2(C)C. The largest absolute Gasteiger partial charge is 0.358 e. The Bertz CT molecular complexity index is 3110. The van der Waals surface area contributed by atoms with Crippen molar-refractivity contribution in [3.63, 3.8) is 0 Å². The van der Waals surface area contributed by atoms with Crippen LogP contribution in [0.5, 0.6) is 0 Å². The number of benzene rings is 6. The molecule has 0 bridgehead atoms. The van der Waals surface area contributed by atoms with Crippen molar-refractivity contribution in [2.45, 2.75) is 169 Å². The number of aryl methyl sites for hydroxylation is 1. The second-order valence-electron chi connectivity index (χ2n) is 25.8. The lowest BCUT2D eigenvalue weighted by Gasteiger charge is -2.43. The van der Waals surface area contributed by atoms with Gasteiger partial charge in [-0.05, 0) is 194 Å². The lowest BCUT2D eigenvalue weighted by Crippen LogP contribution is -2.36. The van der Waals surface area contributed by atoms with E-state index in [4.69, 9.17) is 0 Å². The van der Waals surface area contributed by atoms with Crippen LogP contribution in [0.25, 0.3) is 33.0 Å². The Labute approximate surface area is 423 Å². The Morgan fingerprint density at radius 3 is 1.86 bits per heavy atom. The zero-order valence-electron chi connectivity index (χ0n) is 45.4. The molecule has 361 valence electrons. The summed E-state index contributed by atoms with van der Waals surface area (Å²) in [5.74, 6) is 0.718. The fraction of sp³-hybridized carbons (Fsp3) is 0.433. The average molecular weight is 924 g/mol. The van der Waals surface area contributed by atoms with E-state index in [1.807, 2.05) is 0 Å². The predicted molar refractivity (Wildman–Crippen MR) is 306 cm³/mol. The van der Waals surface area contributed by atoms with Crippen LogP contribution < -0.4 is 21.1 Å². The number of fused-ring (bicyclic) bond motifs is 6. The lowest BCUT2D eigenvalue weighted by molar-refractivity contribution is 0.332. The third kappa shape index (κ3) is 8.70. The van der Waals surface area contributed by atoms with Crippen molar-refractivity contribution in [1.29, 1.82) is 0 Å². The second-order valence-corrected chi connectivity index (χ2v) is 25.8. The number of rotatable bonds is 11. The Balaban J connectivity index is 1.17. The van der Waals surface area contributed by atoms with Crippen molar-refractivity contribution < 1.29 is 0 Å². The maximum Gasteiger partial charge on any atom is 0.195 e. The van der Waals surface area contributed by atoms with Crippen molar-refractivity contribution in [2.75, 3.05) is 17.3 Å². The first kappa shape index (κ1) is 48.4. The number of hydrogen-bond donors (Lipinski definition) is 1. The zero-order valence-corrected chi connectivity index (χ0v) is 45.4. The van der Waals surface area contributed by atoms with E-state index in [2.05, 4.69) is 224 Å². The van der Waals surface area contributed by atoms with Gasteiger partial charge in [0.2, 0.25) is 0 Å². The van der Waals surface area contributed by atoms with E-state index in [0.29, 0.717) is 0 Å². The molecule has 0 spiro atoms. The summed E-state index contributed by atoms with van der Waals surface area (Å²) < 4.78 is 0. The molecule has 70 heavy (non-hydrogen) atoms. The van der Waals surface area contributed by atoms with Crippen LogP contribution in [-0.4, -0.2) is 14.3 Å². The van der Waals surface area contributed by atoms with Crippen molar-refractivity contribution >= 4 is 46.0 Å². The molecule has 0 aliphatic heterocycles. The summed E-state index contributed by atoms with van der Waals surface area (Å²) in [6.07, 6.45) is 15.1. The summed E-state index contributed by atoms with van der Waals surface area (Å²) in [7, 11) is 4.89. The minimum Gasteiger partial charge on any atom is -0.358 e. The molecule has 6 aromatic carbocycles. The Kier molecular flexibility index (Phi) is 12.1. The summed E-state index contributed by atoms with van der Waals surface area (Å²) in [6.45, 7) is 31.6. The van der Waals surface area contributed by atoms with Gasteiger partial charge >= 0.3 is 0 Å². The quantitative estimate of drug-likeness (QED) is 0.130. The molecular formula is C67H80BN2. The van der Waals surface area contributed by atoms with Crippen molar-refractivity contribution in [1.82, 2.24) is 0 Å². The molecule has 4 aliphatic carbocycles. The summed E-state index contributed by atoms with van der Waals surface area (Å²) >= 11 is 0. The van der Waals surface area contributed by atoms with E-state index in [9.17, 15) is 0 Å². The first-order valence-electron chi connectivity index (χ1n) is 26.9. The monoisotopic (exact) mass is 924 g/mol. The van der Waals surface area contributed by atoms with Crippen LogP contribution in [0.4, 0.5) is 17.1 Å². The molecule has 0 heterocycles. The van der Waals surface area contributed by atoms with Crippen LogP contribution in [0, 0.1) is 18.3 Å². The van der Waals surface area contributed by atoms with Gasteiger partial charge in [-0.3, -0.25) is 0 Å². The van der Waals surface area contributed by atoms with Crippen LogP contribution >= 0.6 is 0 Å². The lowest BCUT2D eigenvalue weighted by atomic mass is 9.58. The maximum absolute atomic E-state index is 4.17. The van der Waals surface area contributed by atoms with Gasteiger partial charge in [0, 0.05) is 35.4 Å². The summed E-state index contributed by atoms with van der Waals surface area (Å²) in [6, 6.07) is 38.2. The van der Waals surface area contributed by atoms with Gasteiger partial charge in [0.15, 0.2) is 7.28 Å². The molecule has 0 unspecified atom stereocenters. The van der Waals surface area contributed by atoms with Crippen molar-refractivity contribution in [2.24, 2.45) is 11.3 Å². The summed E-state index contributed by atoms with van der Waals surface area (Å²) in [5.41, 5.74) is 25.2. The van der Waals surface area contributed by atoms with Gasteiger partial charge in [0.05, 0.1) is 0 Å². The van der Waals surface area contributed by atoms with Crippen LogP contribution in [-0.2, 0) is 28.1 Å². The van der Waals surface area contributed by atoms with E-state index >= 15 is 0 Å². The van der Waals surface area contributed by atoms with Crippen LogP contribution in [0.1, 0.15) is 173 Å². The number of nitrogens with zero attached hydrogens (tertiary/aromatic N) is 1. The van der Waals surface area contributed by atoms with Gasteiger partial charge in [-0.15, -0.1) is 0 Å². The highest BCUT2D eigenvalue weighted by Gasteiger charge is 2.40. The number of allylic oxidation sites excluding steroid dienone is 4. The molecule has 10 rings (SSSR count). The van der Waals surface area contributed by atoms with E-state index < -0.39 is 0 Å². The van der Waals surface area contributed by atoms with E-state index in [1.54, 1.807) is 5.57 Å². The van der Waals surface area contributed by atoms with Gasteiger partial charge < -0.3 is 10.2 Å². The highest BCUT2D eigenvalue weighted by molar-refractivity contribution is 6.72. The Hall–Kier alpha value is -5.28. The maximum atomic E-state index is 4.17. The van der Waals surface area contributed by atoms with Gasteiger partial charge in [-0.25, -0.2) is 0 Å². The molecule has 2 nitrogen and oxygen atoms in total. The fourth-order valence-electron chi connectivity index (χ4n) is 12.9. The average Bonchev–Trinajstić information content (AvgIpc) is 3.70. The molecule has 0 amide bonds. The van der Waals surface area contributed by atoms with Crippen molar-refractivity contribution in [3.8, 4) is 22.3 Å². The standard InChI is InChI=1S/C67H80BN2/c1-42(2)29-30-63(4,5)48-24-26-49(27-25-48)69-58-40-55-54(65(8,9)32-33-66(55,10)11)39-52(58)51-37-44-19-15-16-20-45(44)38-57(51)68-62-59(28-23-47-36-46-21-17-18-22-50(46)61(47)62)70(14)60-41-56-53(35-43(60)3)64(6,7)31-34-67(56,12)13/h15-24,26,28,35,37-42,69H,25,27,29-34,36H2,1-14H3. The highest BCUT2D eigenvalue weighted by atomic mass is 15.1. The minimum absolute atomic E-state index is 0.0541. The Morgan fingerprint density at radius 1 is 0.614 bits per heavy atom. The topological polar surface area (TPSA) is 15.3 Å². The van der Waals surface area contributed by atoms with Gasteiger partial charge in [0.1, 0.15) is 0 Å². The molecule has 0 fully saturated rings. The van der Waals surface area contributed by atoms with E-state index in [0.717, 1.165) is 25.2 Å². The van der Waals surface area contributed by atoms with Gasteiger partial charge in [0.25, 0.3) is 0 Å². The van der Waals surface area contributed by atoms with Crippen molar-refractivity contribution in [3.05, 3.63) is 159 Å². The minimum atomic E-state index is 0.0541. The predicted octanol–water partition coefficient (Wildman–Crippen LogP) is 17.0. The molecule has 1 radical (unpaired) electrons. The first-order chi connectivity index (χ1) is 33.0. The molecule has 3 heteroatoms. The molecule has 6 aromatic rings.